The van der Waals surface area contributed by atoms with Crippen molar-refractivity contribution in [2.45, 2.75) is 39.3 Å². The Balaban J connectivity index is 1.27. The third-order valence-electron chi connectivity index (χ3n) is 6.00. The average molecular weight is 517 g/mol. The van der Waals surface area contributed by atoms with E-state index < -0.39 is 11.6 Å². The summed E-state index contributed by atoms with van der Waals surface area (Å²) in [5, 5.41) is 3.29. The monoisotopic (exact) mass is 516 g/mol. The summed E-state index contributed by atoms with van der Waals surface area (Å²) in [7, 11) is 0. The maximum Gasteiger partial charge on any atom is 0.270 e. The van der Waals surface area contributed by atoms with Gasteiger partial charge in [0.15, 0.2) is 0 Å². The predicted molar refractivity (Wildman–Crippen MR) is 137 cm³/mol. The fourth-order valence-electron chi connectivity index (χ4n) is 4.07. The van der Waals surface area contributed by atoms with Gasteiger partial charge < -0.3 is 21.5 Å². The number of piperidine rings is 1. The number of amides is 1. The highest BCUT2D eigenvalue weighted by atomic mass is 32.1. The van der Waals surface area contributed by atoms with Gasteiger partial charge in [-0.1, -0.05) is 6.07 Å². The molecular weight excluding hydrogens is 486 g/mol. The molecule has 8 nitrogen and oxygen atoms in total. The summed E-state index contributed by atoms with van der Waals surface area (Å²) in [6, 6.07) is 5.27. The maximum atomic E-state index is 14.1. The van der Waals surface area contributed by atoms with Gasteiger partial charge in [0.25, 0.3) is 5.91 Å². The lowest BCUT2D eigenvalue weighted by atomic mass is 9.96. The third kappa shape index (κ3) is 6.08. The first-order valence-corrected chi connectivity index (χ1v) is 12.6. The molecule has 0 radical (unpaired) electrons. The minimum atomic E-state index is -0.612. The molecule has 0 spiro atoms. The number of carbonyl (C=O) groups is 1. The summed E-state index contributed by atoms with van der Waals surface area (Å²) in [5.41, 5.74) is 12.4. The van der Waals surface area contributed by atoms with Crippen molar-refractivity contribution in [1.29, 1.82) is 0 Å². The van der Waals surface area contributed by atoms with Gasteiger partial charge in [-0.25, -0.2) is 18.7 Å². The van der Waals surface area contributed by atoms with Crippen molar-refractivity contribution in [3.05, 3.63) is 52.7 Å². The number of nitrogens with zero attached hydrogens (tertiary/aromatic N) is 3. The number of nitrogen functional groups attached to an aromatic ring is 2. The van der Waals surface area contributed by atoms with Crippen LogP contribution in [-0.4, -0.2) is 46.5 Å². The number of thiazole rings is 1. The Kier molecular flexibility index (Phi) is 8.00. The number of hydrogen-bond acceptors (Lipinski definition) is 8. The maximum absolute atomic E-state index is 14.1. The smallest absolute Gasteiger partial charge is 0.270 e. The molecule has 1 amide bonds. The summed E-state index contributed by atoms with van der Waals surface area (Å²) in [5.74, 6) is -1.06. The van der Waals surface area contributed by atoms with E-state index in [-0.39, 0.29) is 40.5 Å². The Labute approximate surface area is 212 Å². The minimum absolute atomic E-state index is 0.0802. The third-order valence-corrected chi connectivity index (χ3v) is 7.00. The number of likely N-dealkylation sites (tertiary alicyclic amines) is 1. The van der Waals surface area contributed by atoms with Crippen LogP contribution in [-0.2, 0) is 6.54 Å². The van der Waals surface area contributed by atoms with Crippen LogP contribution >= 0.6 is 11.3 Å². The minimum Gasteiger partial charge on any atom is -0.473 e. The molecule has 192 valence electrons. The van der Waals surface area contributed by atoms with Gasteiger partial charge in [0.2, 0.25) is 5.88 Å². The first-order chi connectivity index (χ1) is 17.2. The van der Waals surface area contributed by atoms with Gasteiger partial charge in [-0.15, -0.1) is 11.3 Å². The topological polar surface area (TPSA) is 119 Å². The number of anilines is 2. The molecule has 11 heteroatoms. The summed E-state index contributed by atoms with van der Waals surface area (Å²) in [6.07, 6.45) is 3.35. The summed E-state index contributed by atoms with van der Waals surface area (Å²) in [6.45, 7) is 6.57. The molecule has 0 bridgehead atoms. The number of hydrogen-bond donors (Lipinski definition) is 3. The fourth-order valence-corrected chi connectivity index (χ4v) is 5.08. The van der Waals surface area contributed by atoms with E-state index in [4.69, 9.17) is 16.2 Å². The van der Waals surface area contributed by atoms with Crippen molar-refractivity contribution in [3.8, 4) is 16.5 Å². The molecule has 36 heavy (non-hydrogen) atoms. The van der Waals surface area contributed by atoms with Crippen LogP contribution in [0.15, 0.2) is 30.5 Å². The summed E-state index contributed by atoms with van der Waals surface area (Å²) < 4.78 is 33.7. The zero-order valence-electron chi connectivity index (χ0n) is 20.3. The predicted octanol–water partition coefficient (Wildman–Crippen LogP) is 4.08. The highest BCUT2D eigenvalue weighted by Gasteiger charge is 2.22. The second-order valence-electron chi connectivity index (χ2n) is 9.14. The molecule has 3 aromatic rings. The Hall–Kier alpha value is -3.31. The van der Waals surface area contributed by atoms with Crippen LogP contribution in [0.25, 0.3) is 10.6 Å². The van der Waals surface area contributed by atoms with Crippen molar-refractivity contribution in [2.75, 3.05) is 31.1 Å². The summed E-state index contributed by atoms with van der Waals surface area (Å²) in [4.78, 5) is 24.4. The van der Waals surface area contributed by atoms with E-state index in [9.17, 15) is 13.6 Å². The number of pyridine rings is 1. The zero-order valence-corrected chi connectivity index (χ0v) is 21.1. The number of ether oxygens (including phenoxy) is 1. The molecule has 0 saturated carbocycles. The Morgan fingerprint density at radius 2 is 1.94 bits per heavy atom. The number of nitrogens with two attached hydrogens (primary N) is 2. The van der Waals surface area contributed by atoms with Crippen molar-refractivity contribution >= 4 is 28.6 Å². The second-order valence-corrected chi connectivity index (χ2v) is 10.3. The molecule has 0 atom stereocenters. The van der Waals surface area contributed by atoms with Crippen LogP contribution in [0.3, 0.4) is 0 Å². The lowest BCUT2D eigenvalue weighted by Gasteiger charge is -2.31. The molecular formula is C25H30F2N6O2S. The molecule has 1 aromatic carbocycles. The zero-order chi connectivity index (χ0) is 25.8. The van der Waals surface area contributed by atoms with Gasteiger partial charge >= 0.3 is 0 Å². The number of benzene rings is 1. The first-order valence-electron chi connectivity index (χ1n) is 11.8. The van der Waals surface area contributed by atoms with Crippen molar-refractivity contribution in [1.82, 2.24) is 20.2 Å². The molecule has 0 aliphatic carbocycles. The lowest BCUT2D eigenvalue weighted by molar-refractivity contribution is 0.0928. The highest BCUT2D eigenvalue weighted by molar-refractivity contribution is 7.15. The van der Waals surface area contributed by atoms with Crippen molar-refractivity contribution in [2.24, 2.45) is 5.92 Å². The number of rotatable bonds is 8. The molecule has 4 rings (SSSR count). The van der Waals surface area contributed by atoms with Crippen LogP contribution in [0.1, 0.15) is 42.1 Å². The molecule has 1 aliphatic rings. The van der Waals surface area contributed by atoms with Gasteiger partial charge in [-0.3, -0.25) is 9.69 Å². The number of carbonyl (C=O) groups excluding carboxylic acids is 1. The lowest BCUT2D eigenvalue weighted by Crippen LogP contribution is -2.38. The number of nitrogens with one attached hydrogen (secondary N) is 1. The SMILES string of the molecule is CC(C)Oc1nc(C(=O)NCC2CCN(Cc3cnc(-c4c(F)cccc4F)s3)CC2)cc(N)c1N. The second kappa shape index (κ2) is 11.2. The molecule has 1 fully saturated rings. The Morgan fingerprint density at radius 1 is 1.25 bits per heavy atom. The van der Waals surface area contributed by atoms with E-state index in [2.05, 4.69) is 20.2 Å². The van der Waals surface area contributed by atoms with Gasteiger partial charge in [0.1, 0.15) is 28.0 Å². The van der Waals surface area contributed by atoms with Gasteiger partial charge in [-0.2, -0.15) is 0 Å². The van der Waals surface area contributed by atoms with E-state index in [1.807, 2.05) is 13.8 Å². The number of halogens is 2. The van der Waals surface area contributed by atoms with Gasteiger partial charge in [0.05, 0.1) is 17.4 Å². The van der Waals surface area contributed by atoms with E-state index >= 15 is 0 Å². The standard InChI is InChI=1S/C25H30F2N6O2S/c1-14(2)35-24-22(29)19(28)10-20(32-24)23(34)30-11-15-6-8-33(9-7-15)13-16-12-31-25(36-16)21-17(26)4-3-5-18(21)27/h3-5,10,12,14-15H,6-9,11,13,29H2,1-2H3,(H2,28,32)(H,30,34). The van der Waals surface area contributed by atoms with Crippen LogP contribution in [0, 0.1) is 17.6 Å². The fraction of sp³-hybridized carbons (Fsp3) is 0.400. The van der Waals surface area contributed by atoms with Gasteiger partial charge in [-0.05, 0) is 63.9 Å². The number of aromatic nitrogens is 2. The van der Waals surface area contributed by atoms with Crippen LogP contribution in [0.5, 0.6) is 5.88 Å². The van der Waals surface area contributed by atoms with Gasteiger partial charge in [0, 0.05) is 24.2 Å². The molecule has 1 saturated heterocycles. The average Bonchev–Trinajstić information content (AvgIpc) is 3.28. The van der Waals surface area contributed by atoms with E-state index in [0.29, 0.717) is 24.0 Å². The summed E-state index contributed by atoms with van der Waals surface area (Å²) >= 11 is 1.30. The Morgan fingerprint density at radius 3 is 2.61 bits per heavy atom. The molecule has 5 N–H and O–H groups in total. The van der Waals surface area contributed by atoms with Crippen LogP contribution in [0.2, 0.25) is 0 Å². The van der Waals surface area contributed by atoms with Crippen LogP contribution < -0.4 is 21.5 Å². The molecule has 3 heterocycles. The van der Waals surface area contributed by atoms with Crippen molar-refractivity contribution in [3.63, 3.8) is 0 Å². The first kappa shape index (κ1) is 25.8. The largest absolute Gasteiger partial charge is 0.473 e. The van der Waals surface area contributed by atoms with E-state index in [1.54, 1.807) is 6.20 Å². The van der Waals surface area contributed by atoms with Crippen LogP contribution in [0.4, 0.5) is 20.2 Å². The van der Waals surface area contributed by atoms with E-state index in [1.165, 1.54) is 35.6 Å². The molecule has 0 unspecified atom stereocenters. The molecule has 1 aliphatic heterocycles. The highest BCUT2D eigenvalue weighted by Crippen LogP contribution is 2.31. The normalized spacial score (nSPS) is 14.8. The van der Waals surface area contributed by atoms with E-state index in [0.717, 1.165) is 30.8 Å². The Bertz CT molecular complexity index is 1210. The molecule has 2 aromatic heterocycles. The van der Waals surface area contributed by atoms with Crippen molar-refractivity contribution < 1.29 is 18.3 Å². The quantitative estimate of drug-likeness (QED) is 0.413.